The molecule has 3 N–H and O–H groups in total. The van der Waals surface area contributed by atoms with Crippen LogP contribution in [0.1, 0.15) is 6.42 Å². The highest BCUT2D eigenvalue weighted by molar-refractivity contribution is 5.80. The maximum absolute atomic E-state index is 11.2. The molecule has 0 aliphatic carbocycles. The first-order valence-electron chi connectivity index (χ1n) is 4.44. The maximum Gasteiger partial charge on any atom is 0.409 e. The van der Waals surface area contributed by atoms with Gasteiger partial charge in [0.15, 0.2) is 0 Å². The minimum atomic E-state index is -0.460. The number of amides is 1. The lowest BCUT2D eigenvalue weighted by molar-refractivity contribution is 0.104. The first kappa shape index (κ1) is 13.5. The first-order chi connectivity index (χ1) is 7.15. The summed E-state index contributed by atoms with van der Waals surface area (Å²) in [5, 5.41) is 11.1. The van der Waals surface area contributed by atoms with Gasteiger partial charge in [0.2, 0.25) is 0 Å². The van der Waals surface area contributed by atoms with E-state index < -0.39 is 6.09 Å². The molecule has 0 aromatic carbocycles. The molecule has 7 heteroatoms. The van der Waals surface area contributed by atoms with Crippen molar-refractivity contribution < 1.29 is 19.5 Å². The third-order valence-corrected chi connectivity index (χ3v) is 1.76. The van der Waals surface area contributed by atoms with Crippen LogP contribution >= 0.6 is 0 Å². The van der Waals surface area contributed by atoms with E-state index in [9.17, 15) is 4.79 Å². The van der Waals surface area contributed by atoms with E-state index in [1.54, 1.807) is 7.11 Å². The molecule has 88 valence electrons. The van der Waals surface area contributed by atoms with Crippen LogP contribution in [0.4, 0.5) is 4.79 Å². The van der Waals surface area contributed by atoms with Gasteiger partial charge in [0.05, 0.1) is 13.7 Å². The monoisotopic (exact) mass is 219 g/mol. The highest BCUT2D eigenvalue weighted by Crippen LogP contribution is 1.96. The van der Waals surface area contributed by atoms with Gasteiger partial charge in [0.25, 0.3) is 0 Å². The molecule has 0 radical (unpaired) electrons. The number of carbonyl (C=O) groups excluding carboxylic acids is 1. The maximum atomic E-state index is 11.2. The van der Waals surface area contributed by atoms with E-state index in [-0.39, 0.29) is 12.3 Å². The molecular formula is C8H17N3O4. The highest BCUT2D eigenvalue weighted by Gasteiger charge is 2.13. The predicted molar refractivity (Wildman–Crippen MR) is 53.9 cm³/mol. The number of nitrogens with two attached hydrogens (primary N) is 1. The van der Waals surface area contributed by atoms with Crippen molar-refractivity contribution in [2.75, 3.05) is 33.9 Å². The van der Waals surface area contributed by atoms with Crippen LogP contribution in [-0.2, 0) is 9.47 Å². The topological polar surface area (TPSA) is 97.4 Å². The summed E-state index contributed by atoms with van der Waals surface area (Å²) >= 11 is 0. The summed E-state index contributed by atoms with van der Waals surface area (Å²) in [5.74, 6) is 0.0707. The van der Waals surface area contributed by atoms with Crippen molar-refractivity contribution in [1.29, 1.82) is 0 Å². The normalized spacial score (nSPS) is 11.2. The average molecular weight is 219 g/mol. The highest BCUT2D eigenvalue weighted by atomic mass is 16.5. The van der Waals surface area contributed by atoms with Crippen LogP contribution in [0.25, 0.3) is 0 Å². The lowest BCUT2D eigenvalue weighted by atomic mass is 10.3. The summed E-state index contributed by atoms with van der Waals surface area (Å²) < 4.78 is 9.40. The second-order valence-corrected chi connectivity index (χ2v) is 2.79. The lowest BCUT2D eigenvalue weighted by Crippen LogP contribution is -2.36. The van der Waals surface area contributed by atoms with Crippen molar-refractivity contribution in [2.24, 2.45) is 10.9 Å². The van der Waals surface area contributed by atoms with Gasteiger partial charge in [-0.1, -0.05) is 5.16 Å². The smallest absolute Gasteiger partial charge is 0.409 e. The molecular weight excluding hydrogens is 202 g/mol. The zero-order chi connectivity index (χ0) is 11.7. The number of oxime groups is 1. The van der Waals surface area contributed by atoms with Crippen molar-refractivity contribution in [2.45, 2.75) is 6.42 Å². The molecule has 0 spiro atoms. The summed E-state index contributed by atoms with van der Waals surface area (Å²) in [6, 6.07) is 0. The van der Waals surface area contributed by atoms with Crippen molar-refractivity contribution in [3.63, 3.8) is 0 Å². The van der Waals surface area contributed by atoms with Crippen molar-refractivity contribution in [3.05, 3.63) is 0 Å². The Morgan fingerprint density at radius 1 is 1.47 bits per heavy atom. The van der Waals surface area contributed by atoms with Crippen LogP contribution in [0.15, 0.2) is 5.16 Å². The SMILES string of the molecule is COCCN(CCC(N)=NO)C(=O)OC. The summed E-state index contributed by atoms with van der Waals surface area (Å²) in [6.07, 6.45) is -0.173. The van der Waals surface area contributed by atoms with Crippen LogP contribution in [-0.4, -0.2) is 56.0 Å². The summed E-state index contributed by atoms with van der Waals surface area (Å²) in [6.45, 7) is 1.14. The molecule has 1 amide bonds. The minimum absolute atomic E-state index is 0.0707. The van der Waals surface area contributed by atoms with E-state index in [0.717, 1.165) is 0 Å². The largest absolute Gasteiger partial charge is 0.453 e. The fourth-order valence-electron chi connectivity index (χ4n) is 0.924. The van der Waals surface area contributed by atoms with Crippen molar-refractivity contribution >= 4 is 11.9 Å². The molecule has 0 heterocycles. The first-order valence-corrected chi connectivity index (χ1v) is 4.44. The van der Waals surface area contributed by atoms with E-state index >= 15 is 0 Å². The van der Waals surface area contributed by atoms with Crippen molar-refractivity contribution in [1.82, 2.24) is 4.90 Å². The standard InChI is InChI=1S/C8H17N3O4/c1-14-6-5-11(8(12)15-2)4-3-7(9)10-13/h13H,3-6H2,1-2H3,(H2,9,10). The number of nitrogens with zero attached hydrogens (tertiary/aromatic N) is 2. The van der Waals surface area contributed by atoms with Gasteiger partial charge in [-0.15, -0.1) is 0 Å². The molecule has 0 aromatic heterocycles. The molecule has 0 aliphatic rings. The summed E-state index contributed by atoms with van der Waals surface area (Å²) in [5.41, 5.74) is 5.28. The molecule has 0 aliphatic heterocycles. The number of ether oxygens (including phenoxy) is 2. The zero-order valence-electron chi connectivity index (χ0n) is 8.97. The van der Waals surface area contributed by atoms with Gasteiger partial charge < -0.3 is 25.3 Å². The van der Waals surface area contributed by atoms with Crippen LogP contribution in [0.2, 0.25) is 0 Å². The van der Waals surface area contributed by atoms with E-state index in [4.69, 9.17) is 15.7 Å². The number of rotatable bonds is 6. The molecule has 15 heavy (non-hydrogen) atoms. The van der Waals surface area contributed by atoms with Gasteiger partial charge in [-0.25, -0.2) is 4.79 Å². The minimum Gasteiger partial charge on any atom is -0.453 e. The fraction of sp³-hybridized carbons (Fsp3) is 0.750. The van der Waals surface area contributed by atoms with Crippen LogP contribution in [0.5, 0.6) is 0 Å². The molecule has 0 atom stereocenters. The van der Waals surface area contributed by atoms with Gasteiger partial charge >= 0.3 is 6.09 Å². The Hall–Kier alpha value is -1.50. The van der Waals surface area contributed by atoms with Crippen LogP contribution in [0, 0.1) is 0 Å². The van der Waals surface area contributed by atoms with Gasteiger partial charge in [-0.3, -0.25) is 0 Å². The Labute approximate surface area is 88.4 Å². The van der Waals surface area contributed by atoms with E-state index in [1.807, 2.05) is 0 Å². The van der Waals surface area contributed by atoms with E-state index in [1.165, 1.54) is 12.0 Å². The molecule has 0 saturated heterocycles. The number of hydrogen-bond acceptors (Lipinski definition) is 5. The molecule has 0 bridgehead atoms. The van der Waals surface area contributed by atoms with Crippen LogP contribution < -0.4 is 5.73 Å². The lowest BCUT2D eigenvalue weighted by Gasteiger charge is -2.20. The third-order valence-electron chi connectivity index (χ3n) is 1.76. The number of hydrogen-bond donors (Lipinski definition) is 2. The summed E-state index contributed by atoms with van der Waals surface area (Å²) in [7, 11) is 2.84. The number of methoxy groups -OCH3 is 2. The number of amidine groups is 1. The van der Waals surface area contributed by atoms with E-state index in [2.05, 4.69) is 9.89 Å². The van der Waals surface area contributed by atoms with Gasteiger partial charge in [-0.2, -0.15) is 0 Å². The Morgan fingerprint density at radius 3 is 2.60 bits per heavy atom. The van der Waals surface area contributed by atoms with Crippen molar-refractivity contribution in [3.8, 4) is 0 Å². The third kappa shape index (κ3) is 5.74. The second-order valence-electron chi connectivity index (χ2n) is 2.79. The second kappa shape index (κ2) is 7.86. The molecule has 0 unspecified atom stereocenters. The quantitative estimate of drug-likeness (QED) is 0.280. The average Bonchev–Trinajstić information content (AvgIpc) is 2.27. The van der Waals surface area contributed by atoms with Gasteiger partial charge in [0, 0.05) is 26.6 Å². The fourth-order valence-corrected chi connectivity index (χ4v) is 0.924. The predicted octanol–water partition coefficient (Wildman–Crippen LogP) is -0.162. The number of carbonyl (C=O) groups is 1. The molecule has 7 nitrogen and oxygen atoms in total. The molecule has 0 rings (SSSR count). The Balaban J connectivity index is 4.06. The Morgan fingerprint density at radius 2 is 2.13 bits per heavy atom. The van der Waals surface area contributed by atoms with Gasteiger partial charge in [-0.05, 0) is 0 Å². The van der Waals surface area contributed by atoms with Crippen LogP contribution in [0.3, 0.4) is 0 Å². The van der Waals surface area contributed by atoms with E-state index in [0.29, 0.717) is 19.7 Å². The Kier molecular flexibility index (Phi) is 7.08. The Bertz CT molecular complexity index is 220. The zero-order valence-corrected chi connectivity index (χ0v) is 8.97. The molecule has 0 fully saturated rings. The summed E-state index contributed by atoms with van der Waals surface area (Å²) in [4.78, 5) is 12.6. The molecule has 0 saturated carbocycles. The van der Waals surface area contributed by atoms with Gasteiger partial charge in [0.1, 0.15) is 5.84 Å². The molecule has 0 aromatic rings.